The van der Waals surface area contributed by atoms with Gasteiger partial charge >= 0.3 is 11.9 Å². The monoisotopic (exact) mass is 453 g/mol. The van der Waals surface area contributed by atoms with E-state index >= 15 is 0 Å². The molecule has 11 nitrogen and oxygen atoms in total. The summed E-state index contributed by atoms with van der Waals surface area (Å²) in [5.41, 5.74) is 2.73. The lowest BCUT2D eigenvalue weighted by Crippen LogP contribution is -2.22. The zero-order chi connectivity index (χ0) is 24.4. The summed E-state index contributed by atoms with van der Waals surface area (Å²) < 4.78 is 4.69. The van der Waals surface area contributed by atoms with Gasteiger partial charge < -0.3 is 19.8 Å². The maximum atomic E-state index is 12.5. The number of aliphatic hydroxyl groups is 1. The molecule has 33 heavy (non-hydrogen) atoms. The Hall–Kier alpha value is -4.54. The highest BCUT2D eigenvalue weighted by Gasteiger charge is 2.22. The molecule has 3 N–H and O–H groups in total. The van der Waals surface area contributed by atoms with Gasteiger partial charge in [-0.05, 0) is 36.8 Å². The van der Waals surface area contributed by atoms with Gasteiger partial charge in [0, 0.05) is 19.8 Å². The number of azo groups is 1. The summed E-state index contributed by atoms with van der Waals surface area (Å²) in [6, 6.07) is 12.9. The van der Waals surface area contributed by atoms with Crippen LogP contribution in [0, 0.1) is 0 Å². The number of rotatable bonds is 9. The zero-order valence-electron chi connectivity index (χ0n) is 18.2. The van der Waals surface area contributed by atoms with Crippen LogP contribution in [0.15, 0.2) is 75.3 Å². The lowest BCUT2D eigenvalue weighted by Gasteiger charge is -2.11. The number of hydrogen-bond donors (Lipinski definition) is 3. The molecule has 0 spiro atoms. The summed E-state index contributed by atoms with van der Waals surface area (Å²) in [5, 5.41) is 30.5. The highest BCUT2D eigenvalue weighted by atomic mass is 16.5. The van der Waals surface area contributed by atoms with Crippen molar-refractivity contribution >= 4 is 35.4 Å². The number of nitrogens with zero attached hydrogens (tertiary/aromatic N) is 4. The topological polar surface area (TPSA) is 153 Å². The van der Waals surface area contributed by atoms with Crippen LogP contribution < -0.4 is 10.3 Å². The van der Waals surface area contributed by atoms with Gasteiger partial charge in [-0.2, -0.15) is 5.10 Å². The third kappa shape index (κ3) is 6.99. The van der Waals surface area contributed by atoms with Crippen molar-refractivity contribution in [2.75, 3.05) is 25.6 Å². The quantitative estimate of drug-likeness (QED) is 0.132. The van der Waals surface area contributed by atoms with E-state index in [0.717, 1.165) is 5.69 Å². The first-order valence-electron chi connectivity index (χ1n) is 9.69. The molecule has 2 aromatic rings. The minimum Gasteiger partial charge on any atom is -0.500 e. The zero-order valence-corrected chi connectivity index (χ0v) is 18.2. The van der Waals surface area contributed by atoms with Crippen molar-refractivity contribution in [1.82, 2.24) is 5.43 Å². The Morgan fingerprint density at radius 3 is 2.33 bits per heavy atom. The predicted molar refractivity (Wildman–Crippen MR) is 121 cm³/mol. The fraction of sp³-hybridized carbons (Fsp3) is 0.182. The van der Waals surface area contributed by atoms with Crippen LogP contribution in [-0.4, -0.2) is 55.0 Å². The van der Waals surface area contributed by atoms with Gasteiger partial charge in [-0.1, -0.05) is 24.3 Å². The van der Waals surface area contributed by atoms with Crippen LogP contribution in [0.3, 0.4) is 0 Å². The number of aromatic carboxylic acids is 1. The predicted octanol–water partition coefficient (Wildman–Crippen LogP) is 3.02. The van der Waals surface area contributed by atoms with E-state index in [2.05, 4.69) is 25.5 Å². The van der Waals surface area contributed by atoms with Crippen molar-refractivity contribution in [1.29, 1.82) is 0 Å². The number of nitrogens with one attached hydrogen (secondary N) is 1. The molecule has 0 radical (unpaired) electrons. The van der Waals surface area contributed by atoms with Gasteiger partial charge in [0.2, 0.25) is 11.5 Å². The van der Waals surface area contributed by atoms with Crippen LogP contribution in [0.5, 0.6) is 0 Å². The number of anilines is 1. The van der Waals surface area contributed by atoms with E-state index in [0.29, 0.717) is 5.56 Å². The Bertz CT molecular complexity index is 1110. The maximum absolute atomic E-state index is 12.5. The van der Waals surface area contributed by atoms with Crippen LogP contribution in [0.4, 0.5) is 11.4 Å². The number of esters is 1. The number of benzene rings is 2. The van der Waals surface area contributed by atoms with Gasteiger partial charge in [0.15, 0.2) is 0 Å². The second-order valence-electron chi connectivity index (χ2n) is 6.63. The molecule has 0 saturated carbocycles. The lowest BCUT2D eigenvalue weighted by atomic mass is 10.2. The highest BCUT2D eigenvalue weighted by molar-refractivity contribution is 6.01. The molecule has 2 aromatic carbocycles. The Morgan fingerprint density at radius 1 is 1.06 bits per heavy atom. The summed E-state index contributed by atoms with van der Waals surface area (Å²) in [4.78, 5) is 37.7. The molecule has 1 amide bonds. The number of hydrogen-bond acceptors (Lipinski definition) is 9. The van der Waals surface area contributed by atoms with Gasteiger partial charge in [0.25, 0.3) is 5.91 Å². The van der Waals surface area contributed by atoms with Gasteiger partial charge in [-0.15, -0.1) is 10.2 Å². The summed E-state index contributed by atoms with van der Waals surface area (Å²) in [6.07, 6.45) is 1.35. The third-order valence-electron chi connectivity index (χ3n) is 4.09. The van der Waals surface area contributed by atoms with Crippen molar-refractivity contribution in [3.63, 3.8) is 0 Å². The van der Waals surface area contributed by atoms with Gasteiger partial charge in [0.05, 0.1) is 18.4 Å². The molecule has 0 aliphatic carbocycles. The summed E-state index contributed by atoms with van der Waals surface area (Å²) in [7, 11) is 3.80. The number of amides is 1. The first-order chi connectivity index (χ1) is 15.7. The van der Waals surface area contributed by atoms with E-state index in [4.69, 9.17) is 0 Å². The lowest BCUT2D eigenvalue weighted by molar-refractivity contribution is -0.142. The molecule has 0 bridgehead atoms. The van der Waals surface area contributed by atoms with Crippen molar-refractivity contribution in [2.45, 2.75) is 6.92 Å². The minimum absolute atomic E-state index is 0.0577. The van der Waals surface area contributed by atoms with Crippen LogP contribution >= 0.6 is 0 Å². The van der Waals surface area contributed by atoms with Crippen molar-refractivity contribution in [3.05, 3.63) is 71.1 Å². The first kappa shape index (κ1) is 24.7. The second kappa shape index (κ2) is 11.7. The standard InChI is InChI=1S/C22H23N5O6/c1-4-33-22(32)19(28)18(25-24-17-8-6-5-7-16(17)21(30)31)20(29)26-23-13-14-9-11-15(12-10-14)27(2)3/h5-13,28H,4H2,1-3H3,(H,26,29)(H,30,31)/b19-18-,23-13+,25-24?. The highest BCUT2D eigenvalue weighted by Crippen LogP contribution is 2.21. The Morgan fingerprint density at radius 2 is 1.73 bits per heavy atom. The average molecular weight is 453 g/mol. The third-order valence-corrected chi connectivity index (χ3v) is 4.09. The smallest absolute Gasteiger partial charge is 0.376 e. The molecule has 0 aliphatic heterocycles. The maximum Gasteiger partial charge on any atom is 0.376 e. The SMILES string of the molecule is CCOC(=O)/C(O)=C(/N=Nc1ccccc1C(=O)O)C(=O)N/N=C/c1ccc(N(C)C)cc1. The number of carbonyl (C=O) groups excluding carboxylic acids is 2. The molecule has 0 aromatic heterocycles. The Labute approximate surface area is 189 Å². The van der Waals surface area contributed by atoms with Crippen LogP contribution in [0.25, 0.3) is 0 Å². The summed E-state index contributed by atoms with van der Waals surface area (Å²) in [6.45, 7) is 1.46. The minimum atomic E-state index is -1.26. The number of carbonyl (C=O) groups is 3. The van der Waals surface area contributed by atoms with Gasteiger partial charge in [-0.25, -0.2) is 15.0 Å². The van der Waals surface area contributed by atoms with Crippen molar-refractivity contribution in [2.24, 2.45) is 15.3 Å². The molecule has 0 unspecified atom stereocenters. The van der Waals surface area contributed by atoms with Crippen molar-refractivity contribution < 1.29 is 29.3 Å². The number of carboxylic acid groups (broad SMARTS) is 1. The normalized spacial score (nSPS) is 11.8. The van der Waals surface area contributed by atoms with E-state index in [-0.39, 0.29) is 17.9 Å². The van der Waals surface area contributed by atoms with E-state index in [9.17, 15) is 24.6 Å². The fourth-order valence-corrected chi connectivity index (χ4v) is 2.42. The van der Waals surface area contributed by atoms with Crippen molar-refractivity contribution in [3.8, 4) is 0 Å². The van der Waals surface area contributed by atoms with Crippen LogP contribution in [-0.2, 0) is 14.3 Å². The van der Waals surface area contributed by atoms with Crippen LogP contribution in [0.1, 0.15) is 22.8 Å². The number of ether oxygens (including phenoxy) is 1. The molecule has 0 saturated heterocycles. The molecule has 0 aliphatic rings. The van der Waals surface area contributed by atoms with E-state index in [1.807, 2.05) is 31.1 Å². The number of hydrazone groups is 1. The molecule has 0 fully saturated rings. The van der Waals surface area contributed by atoms with Crippen LogP contribution in [0.2, 0.25) is 0 Å². The molecular weight excluding hydrogens is 430 g/mol. The molecular formula is C22H23N5O6. The largest absolute Gasteiger partial charge is 0.500 e. The molecule has 11 heteroatoms. The number of carboxylic acids is 1. The number of aliphatic hydroxyl groups excluding tert-OH is 1. The second-order valence-corrected chi connectivity index (χ2v) is 6.63. The fourth-order valence-electron chi connectivity index (χ4n) is 2.42. The van der Waals surface area contributed by atoms with E-state index in [1.54, 1.807) is 12.1 Å². The molecule has 2 rings (SSSR count). The van der Waals surface area contributed by atoms with Gasteiger partial charge in [0.1, 0.15) is 5.69 Å². The summed E-state index contributed by atoms with van der Waals surface area (Å²) in [5.74, 6) is -4.62. The van der Waals surface area contributed by atoms with E-state index < -0.39 is 29.3 Å². The average Bonchev–Trinajstić information content (AvgIpc) is 2.79. The molecule has 0 atom stereocenters. The summed E-state index contributed by atoms with van der Waals surface area (Å²) >= 11 is 0. The first-order valence-corrected chi connectivity index (χ1v) is 9.69. The molecule has 172 valence electrons. The van der Waals surface area contributed by atoms with Gasteiger partial charge in [-0.3, -0.25) is 4.79 Å². The molecule has 0 heterocycles. The Kier molecular flexibility index (Phi) is 8.80. The van der Waals surface area contributed by atoms with E-state index in [1.165, 1.54) is 37.4 Å². The Balaban J connectivity index is 2.28.